The highest BCUT2D eigenvalue weighted by Gasteiger charge is 2.22. The predicted molar refractivity (Wildman–Crippen MR) is 107 cm³/mol. The number of carbonyl (C=O) groups excluding carboxylic acids is 1. The second-order valence-corrected chi connectivity index (χ2v) is 6.92. The minimum Gasteiger partial charge on any atom is -0.378 e. The van der Waals surface area contributed by atoms with Crippen LogP contribution in [0.1, 0.15) is 27.4 Å². The van der Waals surface area contributed by atoms with Gasteiger partial charge < -0.3 is 15.0 Å². The van der Waals surface area contributed by atoms with Gasteiger partial charge in [0.1, 0.15) is 5.82 Å². The van der Waals surface area contributed by atoms with Gasteiger partial charge in [-0.3, -0.25) is 4.79 Å². The van der Waals surface area contributed by atoms with Crippen molar-refractivity contribution in [2.75, 3.05) is 31.2 Å². The Kier molecular flexibility index (Phi) is 5.16. The van der Waals surface area contributed by atoms with Crippen LogP contribution < -0.4 is 10.2 Å². The molecule has 144 valence electrons. The van der Waals surface area contributed by atoms with Crippen molar-refractivity contribution in [3.8, 4) is 0 Å². The average molecular weight is 377 g/mol. The number of amides is 1. The van der Waals surface area contributed by atoms with Crippen LogP contribution in [0.4, 0.5) is 5.82 Å². The number of benzene rings is 1. The molecule has 2 aromatic heterocycles. The molecule has 7 heteroatoms. The highest BCUT2D eigenvalue weighted by molar-refractivity contribution is 5.96. The van der Waals surface area contributed by atoms with E-state index in [1.807, 2.05) is 50.2 Å². The highest BCUT2D eigenvalue weighted by Crippen LogP contribution is 2.27. The Morgan fingerprint density at radius 2 is 1.86 bits per heavy atom. The predicted octanol–water partition coefficient (Wildman–Crippen LogP) is 2.41. The molecule has 0 unspecified atom stereocenters. The number of anilines is 1. The lowest BCUT2D eigenvalue weighted by molar-refractivity contribution is 0.0940. The lowest BCUT2D eigenvalue weighted by Gasteiger charge is -2.29. The zero-order valence-electron chi connectivity index (χ0n) is 16.1. The van der Waals surface area contributed by atoms with Crippen LogP contribution in [0, 0.1) is 13.8 Å². The zero-order valence-corrected chi connectivity index (χ0v) is 16.1. The quantitative estimate of drug-likeness (QED) is 0.752. The van der Waals surface area contributed by atoms with E-state index in [4.69, 9.17) is 4.74 Å². The first kappa shape index (κ1) is 18.3. The number of fused-ring (bicyclic) bond motifs is 1. The van der Waals surface area contributed by atoms with E-state index in [0.717, 1.165) is 41.1 Å². The average Bonchev–Trinajstić information content (AvgIpc) is 2.72. The van der Waals surface area contributed by atoms with E-state index in [1.54, 1.807) is 0 Å². The summed E-state index contributed by atoms with van der Waals surface area (Å²) in [5.41, 5.74) is 3.50. The number of nitrogens with zero attached hydrogens (tertiary/aromatic N) is 4. The van der Waals surface area contributed by atoms with Gasteiger partial charge in [0, 0.05) is 25.3 Å². The molecule has 0 radical (unpaired) electrons. The molecule has 28 heavy (non-hydrogen) atoms. The molecule has 1 aliphatic rings. The molecule has 1 N–H and O–H groups in total. The Morgan fingerprint density at radius 3 is 2.61 bits per heavy atom. The van der Waals surface area contributed by atoms with E-state index in [-0.39, 0.29) is 11.7 Å². The van der Waals surface area contributed by atoms with Crippen LogP contribution in [0.3, 0.4) is 0 Å². The van der Waals surface area contributed by atoms with Gasteiger partial charge in [-0.05, 0) is 31.0 Å². The normalized spacial score (nSPS) is 14.3. The van der Waals surface area contributed by atoms with Gasteiger partial charge in [0.25, 0.3) is 5.91 Å². The minimum atomic E-state index is -0.304. The first-order chi connectivity index (χ1) is 13.6. The maximum atomic E-state index is 12.8. The van der Waals surface area contributed by atoms with E-state index in [1.165, 1.54) is 0 Å². The van der Waals surface area contributed by atoms with Crippen molar-refractivity contribution in [3.05, 3.63) is 59.0 Å². The Hall–Kier alpha value is -3.06. The summed E-state index contributed by atoms with van der Waals surface area (Å²) in [4.78, 5) is 28.6. The Balaban J connectivity index is 1.70. The standard InChI is InChI=1S/C21H23N5O2/c1-14-12-15(2)23-18-17(14)20(26-8-10-28-11-9-26)25-19(24-18)21(27)22-13-16-6-4-3-5-7-16/h3-7,12H,8-11,13H2,1-2H3,(H,22,27). The van der Waals surface area contributed by atoms with Crippen LogP contribution in [-0.4, -0.2) is 47.2 Å². The maximum Gasteiger partial charge on any atom is 0.289 e. The molecule has 1 aromatic carbocycles. The van der Waals surface area contributed by atoms with Crippen molar-refractivity contribution in [1.29, 1.82) is 0 Å². The number of morpholine rings is 1. The lowest BCUT2D eigenvalue weighted by atomic mass is 10.1. The van der Waals surface area contributed by atoms with Crippen LogP contribution in [0.15, 0.2) is 36.4 Å². The molecule has 3 heterocycles. The molecule has 0 atom stereocenters. The van der Waals surface area contributed by atoms with Crippen LogP contribution in [0.5, 0.6) is 0 Å². The Labute approximate surface area is 163 Å². The number of nitrogens with one attached hydrogen (secondary N) is 1. The number of pyridine rings is 1. The van der Waals surface area contributed by atoms with E-state index >= 15 is 0 Å². The minimum absolute atomic E-state index is 0.141. The van der Waals surface area contributed by atoms with Crippen molar-refractivity contribution in [2.24, 2.45) is 0 Å². The molecule has 1 amide bonds. The van der Waals surface area contributed by atoms with Crippen LogP contribution in [0.2, 0.25) is 0 Å². The molecule has 0 bridgehead atoms. The monoisotopic (exact) mass is 377 g/mol. The number of hydrogen-bond acceptors (Lipinski definition) is 6. The Bertz CT molecular complexity index is 1000. The summed E-state index contributed by atoms with van der Waals surface area (Å²) >= 11 is 0. The molecule has 1 aliphatic heterocycles. The molecule has 4 rings (SSSR count). The van der Waals surface area contributed by atoms with Crippen molar-refractivity contribution < 1.29 is 9.53 Å². The van der Waals surface area contributed by atoms with E-state index in [0.29, 0.717) is 25.4 Å². The van der Waals surface area contributed by atoms with Gasteiger partial charge in [-0.2, -0.15) is 0 Å². The van der Waals surface area contributed by atoms with Crippen molar-refractivity contribution in [3.63, 3.8) is 0 Å². The fourth-order valence-corrected chi connectivity index (χ4v) is 3.42. The summed E-state index contributed by atoms with van der Waals surface area (Å²) in [5.74, 6) is 0.590. The van der Waals surface area contributed by atoms with Gasteiger partial charge >= 0.3 is 0 Å². The van der Waals surface area contributed by atoms with Gasteiger partial charge in [0.2, 0.25) is 5.82 Å². The lowest BCUT2D eigenvalue weighted by Crippen LogP contribution is -2.37. The molecular weight excluding hydrogens is 354 g/mol. The number of aryl methyl sites for hydroxylation is 2. The summed E-state index contributed by atoms with van der Waals surface area (Å²) in [7, 11) is 0. The number of ether oxygens (including phenoxy) is 1. The highest BCUT2D eigenvalue weighted by atomic mass is 16.5. The molecule has 1 saturated heterocycles. The molecule has 1 fully saturated rings. The molecule has 0 saturated carbocycles. The summed E-state index contributed by atoms with van der Waals surface area (Å²) in [6.45, 7) is 7.11. The van der Waals surface area contributed by atoms with Crippen LogP contribution >= 0.6 is 0 Å². The second-order valence-electron chi connectivity index (χ2n) is 6.92. The van der Waals surface area contributed by atoms with Crippen molar-refractivity contribution in [1.82, 2.24) is 20.3 Å². The smallest absolute Gasteiger partial charge is 0.289 e. The van der Waals surface area contributed by atoms with Gasteiger partial charge in [-0.25, -0.2) is 15.0 Å². The van der Waals surface area contributed by atoms with Gasteiger partial charge in [-0.1, -0.05) is 30.3 Å². The molecule has 0 aliphatic carbocycles. The molecule has 7 nitrogen and oxygen atoms in total. The summed E-state index contributed by atoms with van der Waals surface area (Å²) in [6.07, 6.45) is 0. The van der Waals surface area contributed by atoms with Gasteiger partial charge in [0.15, 0.2) is 5.65 Å². The first-order valence-electron chi connectivity index (χ1n) is 9.42. The van der Waals surface area contributed by atoms with Crippen LogP contribution in [-0.2, 0) is 11.3 Å². The van der Waals surface area contributed by atoms with E-state index in [2.05, 4.69) is 25.2 Å². The van der Waals surface area contributed by atoms with E-state index < -0.39 is 0 Å². The third kappa shape index (κ3) is 3.80. The summed E-state index contributed by atoms with van der Waals surface area (Å²) < 4.78 is 5.47. The SMILES string of the molecule is Cc1cc(C)c2c(N3CCOCC3)nc(C(=O)NCc3ccccc3)nc2n1. The topological polar surface area (TPSA) is 80.2 Å². The third-order valence-corrected chi connectivity index (χ3v) is 4.78. The molecular formula is C21H23N5O2. The van der Waals surface area contributed by atoms with E-state index in [9.17, 15) is 4.79 Å². The van der Waals surface area contributed by atoms with Gasteiger partial charge in [-0.15, -0.1) is 0 Å². The summed E-state index contributed by atoms with van der Waals surface area (Å²) in [6, 6.07) is 11.8. The third-order valence-electron chi connectivity index (χ3n) is 4.78. The summed E-state index contributed by atoms with van der Waals surface area (Å²) in [5, 5.41) is 3.80. The maximum absolute atomic E-state index is 12.8. The largest absolute Gasteiger partial charge is 0.378 e. The van der Waals surface area contributed by atoms with Crippen molar-refractivity contribution >= 4 is 22.8 Å². The number of rotatable bonds is 4. The van der Waals surface area contributed by atoms with Gasteiger partial charge in [0.05, 0.1) is 18.6 Å². The van der Waals surface area contributed by atoms with Crippen LogP contribution in [0.25, 0.3) is 11.0 Å². The van der Waals surface area contributed by atoms with Crippen molar-refractivity contribution in [2.45, 2.75) is 20.4 Å². The number of hydrogen-bond donors (Lipinski definition) is 1. The zero-order chi connectivity index (χ0) is 19.5. The fourth-order valence-electron chi connectivity index (χ4n) is 3.42. The first-order valence-corrected chi connectivity index (χ1v) is 9.42. The molecule has 0 spiro atoms. The number of carbonyl (C=O) groups is 1. The number of aromatic nitrogens is 3. The second kappa shape index (κ2) is 7.90. The Morgan fingerprint density at radius 1 is 1.11 bits per heavy atom. The molecule has 3 aromatic rings. The fraction of sp³-hybridized carbons (Fsp3) is 0.333.